The van der Waals surface area contributed by atoms with Crippen molar-refractivity contribution in [3.8, 4) is 17.1 Å². The summed E-state index contributed by atoms with van der Waals surface area (Å²) in [6.07, 6.45) is 0. The molecule has 4 aromatic rings. The predicted octanol–water partition coefficient (Wildman–Crippen LogP) is 5.95. The molecule has 7 heteroatoms. The van der Waals surface area contributed by atoms with Crippen LogP contribution in [0.5, 0.6) is 5.75 Å². The van der Waals surface area contributed by atoms with Gasteiger partial charge in [0, 0.05) is 28.8 Å². The Morgan fingerprint density at radius 3 is 2.32 bits per heavy atom. The van der Waals surface area contributed by atoms with Gasteiger partial charge in [-0.3, -0.25) is 14.4 Å². The molecule has 0 radical (unpaired) electrons. The van der Waals surface area contributed by atoms with E-state index in [0.29, 0.717) is 27.4 Å². The van der Waals surface area contributed by atoms with Crippen LogP contribution in [0.4, 0.5) is 5.69 Å². The molecular weight excluding hydrogens is 454 g/mol. The summed E-state index contributed by atoms with van der Waals surface area (Å²) in [5.74, 6) is -0.345. The Morgan fingerprint density at radius 2 is 1.68 bits per heavy atom. The van der Waals surface area contributed by atoms with Gasteiger partial charge in [-0.1, -0.05) is 41.4 Å². The van der Waals surface area contributed by atoms with Crippen LogP contribution in [0.2, 0.25) is 5.02 Å². The molecule has 172 valence electrons. The molecule has 0 unspecified atom stereocenters. The van der Waals surface area contributed by atoms with Gasteiger partial charge in [-0.25, -0.2) is 0 Å². The SMILES string of the molecule is CC(=O)Nc1ccc(C(=O)COc2c(-c3ccc(C)cc3)oc3cc(C)c(Cl)cc3c2=O)cc1. The quantitative estimate of drug-likeness (QED) is 0.348. The number of anilines is 1. The minimum absolute atomic E-state index is 0.0560. The fourth-order valence-electron chi connectivity index (χ4n) is 3.49. The van der Waals surface area contributed by atoms with Crippen LogP contribution >= 0.6 is 11.6 Å². The second-order valence-electron chi connectivity index (χ2n) is 8.02. The molecule has 1 aromatic heterocycles. The van der Waals surface area contributed by atoms with Crippen LogP contribution in [0.1, 0.15) is 28.4 Å². The minimum Gasteiger partial charge on any atom is -0.478 e. The Balaban J connectivity index is 1.71. The van der Waals surface area contributed by atoms with E-state index in [4.69, 9.17) is 20.8 Å². The first-order chi connectivity index (χ1) is 16.2. The van der Waals surface area contributed by atoms with E-state index in [1.165, 1.54) is 6.92 Å². The van der Waals surface area contributed by atoms with E-state index in [1.807, 2.05) is 38.1 Å². The smallest absolute Gasteiger partial charge is 0.235 e. The number of halogens is 1. The van der Waals surface area contributed by atoms with Crippen LogP contribution in [-0.4, -0.2) is 18.3 Å². The highest BCUT2D eigenvalue weighted by molar-refractivity contribution is 6.32. The van der Waals surface area contributed by atoms with Gasteiger partial charge in [0.25, 0.3) is 0 Å². The molecule has 0 aliphatic carbocycles. The zero-order chi connectivity index (χ0) is 24.4. The first kappa shape index (κ1) is 23.3. The number of nitrogens with one attached hydrogen (secondary N) is 1. The highest BCUT2D eigenvalue weighted by atomic mass is 35.5. The van der Waals surface area contributed by atoms with E-state index in [0.717, 1.165) is 11.1 Å². The van der Waals surface area contributed by atoms with Crippen molar-refractivity contribution < 1.29 is 18.7 Å². The predicted molar refractivity (Wildman–Crippen MR) is 133 cm³/mol. The number of carbonyl (C=O) groups is 2. The molecular formula is C27H22ClNO5. The van der Waals surface area contributed by atoms with Gasteiger partial charge in [-0.2, -0.15) is 0 Å². The molecule has 1 amide bonds. The second kappa shape index (κ2) is 9.53. The maximum absolute atomic E-state index is 13.4. The van der Waals surface area contributed by atoms with Crippen molar-refractivity contribution in [2.75, 3.05) is 11.9 Å². The average Bonchev–Trinajstić information content (AvgIpc) is 2.80. The van der Waals surface area contributed by atoms with Crippen molar-refractivity contribution in [2.24, 2.45) is 0 Å². The van der Waals surface area contributed by atoms with Gasteiger partial charge in [-0.05, 0) is 55.8 Å². The van der Waals surface area contributed by atoms with Crippen LogP contribution in [0.3, 0.4) is 0 Å². The summed E-state index contributed by atoms with van der Waals surface area (Å²) in [6, 6.07) is 17.1. The van der Waals surface area contributed by atoms with Crippen molar-refractivity contribution in [2.45, 2.75) is 20.8 Å². The standard InChI is InChI=1S/C27H22ClNO5/c1-15-4-6-19(7-5-15)26-27(25(32)21-13-22(28)16(2)12-24(21)34-26)33-14-23(31)18-8-10-20(11-9-18)29-17(3)30/h4-13H,14H2,1-3H3,(H,29,30). The molecule has 1 heterocycles. The molecule has 34 heavy (non-hydrogen) atoms. The van der Waals surface area contributed by atoms with Crippen molar-refractivity contribution >= 4 is 39.9 Å². The van der Waals surface area contributed by atoms with E-state index >= 15 is 0 Å². The van der Waals surface area contributed by atoms with Gasteiger partial charge in [0.1, 0.15) is 5.58 Å². The molecule has 0 saturated heterocycles. The number of rotatable bonds is 6. The first-order valence-corrected chi connectivity index (χ1v) is 11.0. The summed E-state index contributed by atoms with van der Waals surface area (Å²) >= 11 is 6.24. The molecule has 6 nitrogen and oxygen atoms in total. The number of carbonyl (C=O) groups excluding carboxylic acids is 2. The number of ketones is 1. The molecule has 4 rings (SSSR count). The van der Waals surface area contributed by atoms with Crippen molar-refractivity contribution in [3.63, 3.8) is 0 Å². The Bertz CT molecular complexity index is 1450. The van der Waals surface area contributed by atoms with Crippen LogP contribution in [-0.2, 0) is 4.79 Å². The average molecular weight is 476 g/mol. The molecule has 0 atom stereocenters. The fraction of sp³-hybridized carbons (Fsp3) is 0.148. The van der Waals surface area contributed by atoms with Crippen molar-refractivity contribution in [1.29, 1.82) is 0 Å². The summed E-state index contributed by atoms with van der Waals surface area (Å²) in [6.45, 7) is 4.82. The van der Waals surface area contributed by atoms with Crippen LogP contribution in [0, 0.1) is 13.8 Å². The normalized spacial score (nSPS) is 10.8. The van der Waals surface area contributed by atoms with E-state index in [2.05, 4.69) is 5.32 Å². The lowest BCUT2D eigenvalue weighted by atomic mass is 10.1. The number of Topliss-reactive ketones (excluding diaryl/α,β-unsaturated/α-hetero) is 1. The van der Waals surface area contributed by atoms with Gasteiger partial charge in [0.2, 0.25) is 17.1 Å². The number of ether oxygens (including phenoxy) is 1. The Morgan fingerprint density at radius 1 is 1.00 bits per heavy atom. The second-order valence-corrected chi connectivity index (χ2v) is 8.43. The third-order valence-electron chi connectivity index (χ3n) is 5.32. The zero-order valence-electron chi connectivity index (χ0n) is 18.9. The van der Waals surface area contributed by atoms with E-state index in [1.54, 1.807) is 36.4 Å². The number of amides is 1. The monoisotopic (exact) mass is 475 g/mol. The summed E-state index contributed by atoms with van der Waals surface area (Å²) < 4.78 is 11.9. The molecule has 0 saturated carbocycles. The molecule has 1 N–H and O–H groups in total. The molecule has 0 aliphatic heterocycles. The number of hydrogen-bond donors (Lipinski definition) is 1. The largest absolute Gasteiger partial charge is 0.478 e. The lowest BCUT2D eigenvalue weighted by Gasteiger charge is -2.12. The van der Waals surface area contributed by atoms with Crippen molar-refractivity contribution in [1.82, 2.24) is 0 Å². The molecule has 0 spiro atoms. The highest BCUT2D eigenvalue weighted by Gasteiger charge is 2.20. The maximum atomic E-state index is 13.4. The summed E-state index contributed by atoms with van der Waals surface area (Å²) in [5.41, 5.74) is 3.42. The van der Waals surface area contributed by atoms with Gasteiger partial charge in [0.05, 0.1) is 5.39 Å². The summed E-state index contributed by atoms with van der Waals surface area (Å²) in [7, 11) is 0. The third kappa shape index (κ3) is 4.87. The molecule has 0 fully saturated rings. The Kier molecular flexibility index (Phi) is 6.52. The van der Waals surface area contributed by atoms with Gasteiger partial charge < -0.3 is 14.5 Å². The summed E-state index contributed by atoms with van der Waals surface area (Å²) in [5, 5.41) is 3.35. The van der Waals surface area contributed by atoms with Gasteiger partial charge >= 0.3 is 0 Å². The number of aryl methyl sites for hydroxylation is 2. The van der Waals surface area contributed by atoms with Crippen molar-refractivity contribution in [3.05, 3.63) is 92.6 Å². The zero-order valence-corrected chi connectivity index (χ0v) is 19.7. The topological polar surface area (TPSA) is 85.6 Å². The minimum atomic E-state index is -0.410. The van der Waals surface area contributed by atoms with Crippen LogP contribution in [0.25, 0.3) is 22.3 Å². The van der Waals surface area contributed by atoms with Gasteiger partial charge in [0.15, 0.2) is 18.2 Å². The molecule has 3 aromatic carbocycles. The Hall–Kier alpha value is -3.90. The number of hydrogen-bond acceptors (Lipinski definition) is 5. The fourth-order valence-corrected chi connectivity index (χ4v) is 3.65. The maximum Gasteiger partial charge on any atom is 0.235 e. The summed E-state index contributed by atoms with van der Waals surface area (Å²) in [4.78, 5) is 37.3. The van der Waals surface area contributed by atoms with E-state index < -0.39 is 5.43 Å². The first-order valence-electron chi connectivity index (χ1n) is 10.6. The number of fused-ring (bicyclic) bond motifs is 1. The number of benzene rings is 3. The lowest BCUT2D eigenvalue weighted by molar-refractivity contribution is -0.114. The van der Waals surface area contributed by atoms with Gasteiger partial charge in [-0.15, -0.1) is 0 Å². The molecule has 0 bridgehead atoms. The lowest BCUT2D eigenvalue weighted by Crippen LogP contribution is -2.17. The van der Waals surface area contributed by atoms with Crippen LogP contribution in [0.15, 0.2) is 69.9 Å². The molecule has 0 aliphatic rings. The highest BCUT2D eigenvalue weighted by Crippen LogP contribution is 2.33. The Labute approximate surface area is 201 Å². The third-order valence-corrected chi connectivity index (χ3v) is 5.73. The van der Waals surface area contributed by atoms with Crippen LogP contribution < -0.4 is 15.5 Å². The van der Waals surface area contributed by atoms with E-state index in [-0.39, 0.29) is 35.2 Å². The van der Waals surface area contributed by atoms with E-state index in [9.17, 15) is 14.4 Å².